The monoisotopic (exact) mass is 390 g/mol. The van der Waals surface area contributed by atoms with Gasteiger partial charge < -0.3 is 14.6 Å². The van der Waals surface area contributed by atoms with Crippen LogP contribution in [0, 0.1) is 40.4 Å². The summed E-state index contributed by atoms with van der Waals surface area (Å²) in [6, 6.07) is 0. The summed E-state index contributed by atoms with van der Waals surface area (Å²) in [5, 5.41) is 9.94. The van der Waals surface area contributed by atoms with Crippen molar-refractivity contribution in [3.05, 3.63) is 0 Å². The molecule has 4 unspecified atom stereocenters. The predicted molar refractivity (Wildman–Crippen MR) is 111 cm³/mol. The van der Waals surface area contributed by atoms with E-state index >= 15 is 0 Å². The van der Waals surface area contributed by atoms with Crippen LogP contribution in [0.5, 0.6) is 0 Å². The Labute approximate surface area is 171 Å². The van der Waals surface area contributed by atoms with Gasteiger partial charge >= 0.3 is 0 Å². The third-order valence-electron chi connectivity index (χ3n) is 10.5. The second-order valence-corrected chi connectivity index (χ2v) is 11.5. The Balaban J connectivity index is 1.27. The van der Waals surface area contributed by atoms with Crippen LogP contribution in [-0.2, 0) is 9.47 Å². The van der Waals surface area contributed by atoms with Crippen molar-refractivity contribution in [2.24, 2.45) is 40.4 Å². The molecule has 160 valence electrons. The molecule has 5 rings (SSSR count). The molecule has 3 nitrogen and oxygen atoms in total. The van der Waals surface area contributed by atoms with Crippen molar-refractivity contribution in [3.63, 3.8) is 0 Å². The molecule has 4 aliphatic carbocycles. The van der Waals surface area contributed by atoms with Crippen LogP contribution in [-0.4, -0.2) is 30.7 Å². The van der Waals surface area contributed by atoms with E-state index in [2.05, 4.69) is 13.8 Å². The van der Waals surface area contributed by atoms with Crippen LogP contribution < -0.4 is 0 Å². The molecule has 1 heterocycles. The first-order valence-corrected chi connectivity index (χ1v) is 12.4. The maximum absolute atomic E-state index is 9.94. The lowest BCUT2D eigenvalue weighted by molar-refractivity contribution is -0.212. The van der Waals surface area contributed by atoms with Crippen LogP contribution >= 0.6 is 0 Å². The molecule has 0 spiro atoms. The van der Waals surface area contributed by atoms with E-state index in [1.54, 1.807) is 0 Å². The highest BCUT2D eigenvalue weighted by Gasteiger charge is 2.60. The molecule has 0 bridgehead atoms. The van der Waals surface area contributed by atoms with E-state index in [1.807, 2.05) is 0 Å². The molecule has 9 atom stereocenters. The third-order valence-corrected chi connectivity index (χ3v) is 10.5. The zero-order valence-electron chi connectivity index (χ0n) is 18.2. The zero-order valence-corrected chi connectivity index (χ0v) is 18.2. The Kier molecular flexibility index (Phi) is 5.33. The summed E-state index contributed by atoms with van der Waals surface area (Å²) in [5.74, 6) is 4.09. The first-order valence-electron chi connectivity index (χ1n) is 12.4. The molecule has 1 aliphatic heterocycles. The van der Waals surface area contributed by atoms with Crippen LogP contribution in [0.25, 0.3) is 0 Å². The summed E-state index contributed by atoms with van der Waals surface area (Å²) in [6.07, 6.45) is 16.1. The molecule has 0 aromatic heterocycles. The van der Waals surface area contributed by atoms with Gasteiger partial charge in [-0.3, -0.25) is 0 Å². The van der Waals surface area contributed by atoms with Gasteiger partial charge in [0.1, 0.15) is 0 Å². The highest BCUT2D eigenvalue weighted by Crippen LogP contribution is 2.67. The molecule has 4 saturated carbocycles. The Morgan fingerprint density at radius 1 is 0.893 bits per heavy atom. The standard InChI is InChI=1S/C25H42O3/c1-24-12-10-19(28-23-5-3-4-14-27-23)15-17(24)6-8-20-21-9-7-18(16-26)25(21,2)13-11-22(20)24/h17-23,26H,3-16H2,1-2H3/t17-,18+,19?,20?,21-,22?,23?,24-,25+/m0/s1. The highest BCUT2D eigenvalue weighted by molar-refractivity contribution is 5.09. The SMILES string of the molecule is C[C@]12CCC3C(CC[C@H]4CC(OC5CCCCO5)CC[C@]34C)[C@@H]1CC[C@@H]2CO. The molecule has 3 heteroatoms. The third kappa shape index (κ3) is 3.10. The first kappa shape index (κ1) is 19.8. The van der Waals surface area contributed by atoms with Gasteiger partial charge in [0, 0.05) is 13.2 Å². The predicted octanol–water partition coefficient (Wildman–Crippen LogP) is 5.55. The molecule has 1 saturated heterocycles. The minimum atomic E-state index is 0.0729. The van der Waals surface area contributed by atoms with Crippen molar-refractivity contribution >= 4 is 0 Å². The summed E-state index contributed by atoms with van der Waals surface area (Å²) in [4.78, 5) is 0. The Morgan fingerprint density at radius 2 is 1.71 bits per heavy atom. The fraction of sp³-hybridized carbons (Fsp3) is 1.00. The smallest absolute Gasteiger partial charge is 0.157 e. The van der Waals surface area contributed by atoms with Gasteiger partial charge in [-0.15, -0.1) is 0 Å². The summed E-state index contributed by atoms with van der Waals surface area (Å²) >= 11 is 0. The molecule has 0 aromatic carbocycles. The second kappa shape index (κ2) is 7.54. The Morgan fingerprint density at radius 3 is 2.50 bits per heavy atom. The highest BCUT2D eigenvalue weighted by atomic mass is 16.7. The fourth-order valence-electron chi connectivity index (χ4n) is 8.78. The topological polar surface area (TPSA) is 38.7 Å². The van der Waals surface area contributed by atoms with Gasteiger partial charge in [0.25, 0.3) is 0 Å². The second-order valence-electron chi connectivity index (χ2n) is 11.5. The van der Waals surface area contributed by atoms with Crippen molar-refractivity contribution in [3.8, 4) is 0 Å². The maximum atomic E-state index is 9.94. The molecule has 5 aliphatic rings. The summed E-state index contributed by atoms with van der Waals surface area (Å²) in [5.41, 5.74) is 0.937. The van der Waals surface area contributed by atoms with Crippen molar-refractivity contribution in [2.45, 2.75) is 103 Å². The lowest BCUT2D eigenvalue weighted by atomic mass is 9.44. The molecular formula is C25H42O3. The van der Waals surface area contributed by atoms with Gasteiger partial charge in [-0.2, -0.15) is 0 Å². The van der Waals surface area contributed by atoms with Crippen molar-refractivity contribution in [1.29, 1.82) is 0 Å². The van der Waals surface area contributed by atoms with Crippen molar-refractivity contribution < 1.29 is 14.6 Å². The number of rotatable bonds is 3. The molecular weight excluding hydrogens is 348 g/mol. The number of hydrogen-bond acceptors (Lipinski definition) is 3. The average molecular weight is 391 g/mol. The number of fused-ring (bicyclic) bond motifs is 5. The molecule has 1 N–H and O–H groups in total. The largest absolute Gasteiger partial charge is 0.396 e. The van der Waals surface area contributed by atoms with Gasteiger partial charge in [0.2, 0.25) is 0 Å². The minimum Gasteiger partial charge on any atom is -0.396 e. The first-order chi connectivity index (χ1) is 13.5. The summed E-state index contributed by atoms with van der Waals surface area (Å²) in [7, 11) is 0. The van der Waals surface area contributed by atoms with E-state index in [1.165, 1.54) is 70.6 Å². The fourth-order valence-corrected chi connectivity index (χ4v) is 8.78. The van der Waals surface area contributed by atoms with Gasteiger partial charge in [-0.05, 0) is 117 Å². The van der Waals surface area contributed by atoms with Gasteiger partial charge in [-0.25, -0.2) is 0 Å². The van der Waals surface area contributed by atoms with Crippen molar-refractivity contribution in [1.82, 2.24) is 0 Å². The lowest BCUT2D eigenvalue weighted by Crippen LogP contribution is -2.54. The molecule has 0 amide bonds. The molecule has 0 aromatic rings. The average Bonchev–Trinajstić information content (AvgIpc) is 3.05. The minimum absolute atomic E-state index is 0.0729. The van der Waals surface area contributed by atoms with Gasteiger partial charge in [-0.1, -0.05) is 13.8 Å². The maximum Gasteiger partial charge on any atom is 0.157 e. The van der Waals surface area contributed by atoms with Crippen LogP contribution in [0.15, 0.2) is 0 Å². The number of aliphatic hydroxyl groups is 1. The van der Waals surface area contributed by atoms with Crippen LogP contribution in [0.4, 0.5) is 0 Å². The Bertz CT molecular complexity index is 558. The van der Waals surface area contributed by atoms with Gasteiger partial charge in [0.15, 0.2) is 6.29 Å². The normalized spacial score (nSPS) is 53.9. The van der Waals surface area contributed by atoms with Gasteiger partial charge in [0.05, 0.1) is 6.10 Å². The summed E-state index contributed by atoms with van der Waals surface area (Å²) in [6.45, 7) is 6.46. The van der Waals surface area contributed by atoms with Crippen molar-refractivity contribution in [2.75, 3.05) is 13.2 Å². The lowest BCUT2D eigenvalue weighted by Gasteiger charge is -2.61. The van der Waals surface area contributed by atoms with Crippen LogP contribution in [0.2, 0.25) is 0 Å². The Hall–Kier alpha value is -0.120. The van der Waals surface area contributed by atoms with Crippen LogP contribution in [0.3, 0.4) is 0 Å². The number of ether oxygens (including phenoxy) is 2. The zero-order chi connectivity index (χ0) is 19.4. The summed E-state index contributed by atoms with van der Waals surface area (Å²) < 4.78 is 12.3. The molecule has 5 fully saturated rings. The van der Waals surface area contributed by atoms with E-state index in [0.717, 1.165) is 36.7 Å². The van der Waals surface area contributed by atoms with Crippen LogP contribution in [0.1, 0.15) is 90.9 Å². The van der Waals surface area contributed by atoms with E-state index < -0.39 is 0 Å². The molecule has 28 heavy (non-hydrogen) atoms. The molecule has 0 radical (unpaired) electrons. The van der Waals surface area contributed by atoms with E-state index in [4.69, 9.17) is 9.47 Å². The number of hydrogen-bond donors (Lipinski definition) is 1. The van der Waals surface area contributed by atoms with E-state index in [0.29, 0.717) is 29.5 Å². The quantitative estimate of drug-likeness (QED) is 0.642. The van der Waals surface area contributed by atoms with E-state index in [-0.39, 0.29) is 6.29 Å². The van der Waals surface area contributed by atoms with E-state index in [9.17, 15) is 5.11 Å². The number of aliphatic hydroxyl groups excluding tert-OH is 1.